The van der Waals surface area contributed by atoms with Gasteiger partial charge in [0, 0.05) is 6.61 Å². The number of nitrogens with zero attached hydrogens (tertiary/aromatic N) is 1. The van der Waals surface area contributed by atoms with Gasteiger partial charge in [-0.2, -0.15) is 13.2 Å². The molecule has 20 heavy (non-hydrogen) atoms. The first-order valence-corrected chi connectivity index (χ1v) is 6.21. The summed E-state index contributed by atoms with van der Waals surface area (Å²) in [6.45, 7) is 2.10. The van der Waals surface area contributed by atoms with Crippen molar-refractivity contribution in [1.82, 2.24) is 4.98 Å². The van der Waals surface area contributed by atoms with E-state index in [9.17, 15) is 18.0 Å². The first-order chi connectivity index (χ1) is 9.38. The van der Waals surface area contributed by atoms with Gasteiger partial charge in [0.1, 0.15) is 12.3 Å². The molecule has 0 aromatic carbocycles. The number of ether oxygens (including phenoxy) is 2. The van der Waals surface area contributed by atoms with Crippen LogP contribution in [0.3, 0.4) is 0 Å². The third kappa shape index (κ3) is 3.47. The van der Waals surface area contributed by atoms with E-state index >= 15 is 0 Å². The summed E-state index contributed by atoms with van der Waals surface area (Å²) in [4.78, 5) is 15.2. The van der Waals surface area contributed by atoms with Gasteiger partial charge in [-0.1, -0.05) is 0 Å². The van der Waals surface area contributed by atoms with Crippen LogP contribution in [-0.4, -0.2) is 30.3 Å². The molecule has 0 saturated carbocycles. The Morgan fingerprint density at radius 3 is 2.80 bits per heavy atom. The van der Waals surface area contributed by atoms with Crippen molar-refractivity contribution in [3.05, 3.63) is 29.1 Å². The summed E-state index contributed by atoms with van der Waals surface area (Å²) in [5, 5.41) is 0. The van der Waals surface area contributed by atoms with Gasteiger partial charge >= 0.3 is 12.1 Å². The molecule has 7 heteroatoms. The van der Waals surface area contributed by atoms with Crippen molar-refractivity contribution in [2.24, 2.45) is 0 Å². The second-order valence-corrected chi connectivity index (χ2v) is 4.56. The van der Waals surface area contributed by atoms with Gasteiger partial charge in [-0.25, -0.2) is 9.78 Å². The molecule has 0 N–H and O–H groups in total. The van der Waals surface area contributed by atoms with Crippen molar-refractivity contribution >= 4 is 5.97 Å². The summed E-state index contributed by atoms with van der Waals surface area (Å²) >= 11 is 0. The third-order valence-electron chi connectivity index (χ3n) is 3.02. The Morgan fingerprint density at radius 2 is 2.25 bits per heavy atom. The van der Waals surface area contributed by atoms with E-state index in [-0.39, 0.29) is 24.0 Å². The van der Waals surface area contributed by atoms with Crippen molar-refractivity contribution in [3.63, 3.8) is 0 Å². The zero-order chi connectivity index (χ0) is 14.8. The van der Waals surface area contributed by atoms with Crippen LogP contribution in [0.2, 0.25) is 0 Å². The lowest BCUT2D eigenvalue weighted by atomic mass is 10.2. The highest BCUT2D eigenvalue weighted by molar-refractivity contribution is 5.90. The maximum atomic E-state index is 12.5. The monoisotopic (exact) mass is 289 g/mol. The van der Waals surface area contributed by atoms with Crippen LogP contribution in [0.15, 0.2) is 12.1 Å². The number of pyridine rings is 1. The number of halogens is 3. The molecule has 0 amide bonds. The number of hydrogen-bond donors (Lipinski definition) is 0. The average molecular weight is 289 g/mol. The van der Waals surface area contributed by atoms with E-state index in [1.165, 1.54) is 6.92 Å². The van der Waals surface area contributed by atoms with Crippen molar-refractivity contribution < 1.29 is 27.4 Å². The SMILES string of the molecule is Cc1nc(C(F)(F)F)ccc1C(=O)OC[C@H]1CCCO1. The number of aryl methyl sites for hydroxylation is 1. The summed E-state index contributed by atoms with van der Waals surface area (Å²) in [6.07, 6.45) is -2.91. The lowest BCUT2D eigenvalue weighted by Gasteiger charge is -2.12. The van der Waals surface area contributed by atoms with Crippen LogP contribution in [0, 0.1) is 6.92 Å². The molecule has 1 atom stereocenters. The smallest absolute Gasteiger partial charge is 0.433 e. The van der Waals surface area contributed by atoms with Gasteiger partial charge < -0.3 is 9.47 Å². The first kappa shape index (κ1) is 14.8. The van der Waals surface area contributed by atoms with E-state index in [0.29, 0.717) is 6.61 Å². The molecule has 0 spiro atoms. The van der Waals surface area contributed by atoms with Gasteiger partial charge in [0.2, 0.25) is 0 Å². The Morgan fingerprint density at radius 1 is 1.50 bits per heavy atom. The van der Waals surface area contributed by atoms with Crippen molar-refractivity contribution in [2.75, 3.05) is 13.2 Å². The van der Waals surface area contributed by atoms with Gasteiger partial charge in [0.05, 0.1) is 17.4 Å². The summed E-state index contributed by atoms with van der Waals surface area (Å²) in [5.74, 6) is -0.681. The summed E-state index contributed by atoms with van der Waals surface area (Å²) in [7, 11) is 0. The number of carbonyl (C=O) groups excluding carboxylic acids is 1. The highest BCUT2D eigenvalue weighted by Gasteiger charge is 2.33. The van der Waals surface area contributed by atoms with Gasteiger partial charge in [-0.3, -0.25) is 0 Å². The molecule has 1 aliphatic rings. The number of hydrogen-bond acceptors (Lipinski definition) is 4. The Kier molecular flexibility index (Phi) is 4.27. The van der Waals surface area contributed by atoms with Crippen LogP contribution in [0.25, 0.3) is 0 Å². The fourth-order valence-corrected chi connectivity index (χ4v) is 1.96. The predicted molar refractivity (Wildman–Crippen MR) is 63.2 cm³/mol. The minimum absolute atomic E-state index is 0.00262. The minimum atomic E-state index is -4.52. The highest BCUT2D eigenvalue weighted by Crippen LogP contribution is 2.28. The van der Waals surface area contributed by atoms with E-state index in [4.69, 9.17) is 9.47 Å². The molecule has 110 valence electrons. The van der Waals surface area contributed by atoms with Crippen molar-refractivity contribution in [3.8, 4) is 0 Å². The lowest BCUT2D eigenvalue weighted by Crippen LogP contribution is -2.19. The molecule has 2 rings (SSSR count). The molecule has 0 radical (unpaired) electrons. The van der Waals surface area contributed by atoms with Gasteiger partial charge in [0.25, 0.3) is 0 Å². The van der Waals surface area contributed by atoms with E-state index in [1.807, 2.05) is 0 Å². The molecule has 0 aliphatic carbocycles. The quantitative estimate of drug-likeness (QED) is 0.803. The zero-order valence-electron chi connectivity index (χ0n) is 10.9. The zero-order valence-corrected chi connectivity index (χ0v) is 10.9. The highest BCUT2D eigenvalue weighted by atomic mass is 19.4. The fourth-order valence-electron chi connectivity index (χ4n) is 1.96. The molecular weight excluding hydrogens is 275 g/mol. The maximum absolute atomic E-state index is 12.5. The number of carbonyl (C=O) groups is 1. The molecule has 1 aromatic heterocycles. The molecule has 4 nitrogen and oxygen atoms in total. The second-order valence-electron chi connectivity index (χ2n) is 4.56. The maximum Gasteiger partial charge on any atom is 0.433 e. The topological polar surface area (TPSA) is 48.4 Å². The Balaban J connectivity index is 2.02. The summed E-state index contributed by atoms with van der Waals surface area (Å²) in [6, 6.07) is 1.86. The van der Waals surface area contributed by atoms with Gasteiger partial charge in [0.15, 0.2) is 0 Å². The molecule has 1 saturated heterocycles. The van der Waals surface area contributed by atoms with E-state index in [2.05, 4.69) is 4.98 Å². The fraction of sp³-hybridized carbons (Fsp3) is 0.538. The van der Waals surface area contributed by atoms with Crippen LogP contribution < -0.4 is 0 Å². The first-order valence-electron chi connectivity index (χ1n) is 6.21. The minimum Gasteiger partial charge on any atom is -0.459 e. The van der Waals surface area contributed by atoms with Gasteiger partial charge in [-0.05, 0) is 31.9 Å². The van der Waals surface area contributed by atoms with Gasteiger partial charge in [-0.15, -0.1) is 0 Å². The second kappa shape index (κ2) is 5.78. The molecule has 1 aliphatic heterocycles. The van der Waals surface area contributed by atoms with Crippen LogP contribution in [0.1, 0.15) is 34.6 Å². The predicted octanol–water partition coefficient (Wildman–Crippen LogP) is 2.74. The number of rotatable bonds is 3. The van der Waals surface area contributed by atoms with E-state index in [1.54, 1.807) is 0 Å². The molecule has 2 heterocycles. The Hall–Kier alpha value is -1.63. The molecule has 1 aromatic rings. The molecule has 1 fully saturated rings. The Labute approximate surface area is 113 Å². The Bertz CT molecular complexity index is 496. The standard InChI is InChI=1S/C13H14F3NO3/c1-8-10(4-5-11(17-8)13(14,15)16)12(18)20-7-9-3-2-6-19-9/h4-5,9H,2-3,6-7H2,1H3/t9-/m1/s1. The van der Waals surface area contributed by atoms with Crippen LogP contribution in [-0.2, 0) is 15.7 Å². The number of alkyl halides is 3. The molecular formula is C13H14F3NO3. The lowest BCUT2D eigenvalue weighted by molar-refractivity contribution is -0.141. The van der Waals surface area contributed by atoms with Crippen LogP contribution in [0.4, 0.5) is 13.2 Å². The number of esters is 1. The largest absolute Gasteiger partial charge is 0.459 e. The van der Waals surface area contributed by atoms with Crippen molar-refractivity contribution in [1.29, 1.82) is 0 Å². The van der Waals surface area contributed by atoms with E-state index in [0.717, 1.165) is 25.0 Å². The van der Waals surface area contributed by atoms with Crippen molar-refractivity contribution in [2.45, 2.75) is 32.0 Å². The number of aromatic nitrogens is 1. The van der Waals surface area contributed by atoms with E-state index < -0.39 is 17.8 Å². The summed E-state index contributed by atoms with van der Waals surface area (Å²) < 4.78 is 47.7. The van der Waals surface area contributed by atoms with Crippen LogP contribution in [0.5, 0.6) is 0 Å². The third-order valence-corrected chi connectivity index (χ3v) is 3.02. The summed E-state index contributed by atoms with van der Waals surface area (Å²) in [5.41, 5.74) is -0.987. The molecule has 0 unspecified atom stereocenters. The molecule has 0 bridgehead atoms. The normalized spacial score (nSPS) is 19.1. The average Bonchev–Trinajstić information content (AvgIpc) is 2.87. The van der Waals surface area contributed by atoms with Crippen LogP contribution >= 0.6 is 0 Å².